The third-order valence-electron chi connectivity index (χ3n) is 3.15. The lowest BCUT2D eigenvalue weighted by molar-refractivity contribution is 0.882. The number of aromatic nitrogens is 2. The second-order valence-electron chi connectivity index (χ2n) is 4.65. The first-order valence-electron chi connectivity index (χ1n) is 6.25. The fraction of sp³-hybridized carbons (Fsp3) is 0.133. The van der Waals surface area contributed by atoms with Gasteiger partial charge in [0.1, 0.15) is 5.82 Å². The molecule has 0 bridgehead atoms. The lowest BCUT2D eigenvalue weighted by Gasteiger charge is -2.12. The van der Waals surface area contributed by atoms with Crippen LogP contribution in [0.2, 0.25) is 10.0 Å². The smallest absolute Gasteiger partial charge is 0.132 e. The van der Waals surface area contributed by atoms with E-state index >= 15 is 0 Å². The molecule has 2 aromatic carbocycles. The summed E-state index contributed by atoms with van der Waals surface area (Å²) in [6.45, 7) is 1.89. The molecule has 0 fully saturated rings. The molecule has 0 N–H and O–H groups in total. The predicted octanol–water partition coefficient (Wildman–Crippen LogP) is 6.24. The van der Waals surface area contributed by atoms with Gasteiger partial charge in [-0.05, 0) is 65.9 Å². The summed E-state index contributed by atoms with van der Waals surface area (Å²) in [6.07, 6.45) is 0. The Balaban J connectivity index is 2.36. The molecule has 0 amide bonds. The van der Waals surface area contributed by atoms with E-state index in [2.05, 4.69) is 27.6 Å². The molecule has 1 unspecified atom stereocenters. The van der Waals surface area contributed by atoms with Crippen LogP contribution in [0.3, 0.4) is 0 Å². The van der Waals surface area contributed by atoms with E-state index < -0.39 is 0 Å². The van der Waals surface area contributed by atoms with E-state index in [-0.39, 0.29) is 5.38 Å². The second-order valence-corrected chi connectivity index (χ2v) is 7.39. The van der Waals surface area contributed by atoms with E-state index in [1.54, 1.807) is 0 Å². The van der Waals surface area contributed by atoms with Gasteiger partial charge < -0.3 is 0 Å². The minimum Gasteiger partial charge on any atom is -0.294 e. The van der Waals surface area contributed by atoms with Gasteiger partial charge in [-0.25, -0.2) is 4.98 Å². The van der Waals surface area contributed by atoms with Crippen molar-refractivity contribution in [3.8, 4) is 5.69 Å². The van der Waals surface area contributed by atoms with E-state index in [4.69, 9.17) is 34.8 Å². The van der Waals surface area contributed by atoms with Gasteiger partial charge in [-0.15, -0.1) is 11.6 Å². The third-order valence-corrected chi connectivity index (χ3v) is 4.55. The van der Waals surface area contributed by atoms with Crippen LogP contribution in [0.15, 0.2) is 36.4 Å². The van der Waals surface area contributed by atoms with Crippen molar-refractivity contribution in [2.75, 3.05) is 0 Å². The van der Waals surface area contributed by atoms with Crippen molar-refractivity contribution >= 4 is 68.4 Å². The number of hydrogen-bond donors (Lipinski definition) is 0. The maximum atomic E-state index is 6.41. The van der Waals surface area contributed by atoms with Crippen LogP contribution < -0.4 is 0 Å². The Bertz CT molecular complexity index is 827. The monoisotopic (exact) mass is 450 g/mol. The van der Waals surface area contributed by atoms with E-state index in [0.29, 0.717) is 10.0 Å². The molecule has 1 atom stereocenters. The Hall–Kier alpha value is -0.490. The van der Waals surface area contributed by atoms with Gasteiger partial charge in [0.15, 0.2) is 0 Å². The molecular formula is C15H10Cl3IN2. The molecule has 1 heterocycles. The maximum Gasteiger partial charge on any atom is 0.132 e. The Morgan fingerprint density at radius 1 is 1.14 bits per heavy atom. The molecule has 3 rings (SSSR count). The summed E-state index contributed by atoms with van der Waals surface area (Å²) in [5.74, 6) is 0.747. The van der Waals surface area contributed by atoms with Crippen molar-refractivity contribution in [1.29, 1.82) is 0 Å². The second kappa shape index (κ2) is 5.95. The molecule has 0 spiro atoms. The average Bonchev–Trinajstić information content (AvgIpc) is 2.77. The van der Waals surface area contributed by atoms with Crippen molar-refractivity contribution in [3.05, 3.63) is 55.8 Å². The lowest BCUT2D eigenvalue weighted by atomic mass is 10.2. The highest BCUT2D eigenvalue weighted by atomic mass is 127. The molecule has 0 saturated heterocycles. The number of rotatable bonds is 2. The van der Waals surface area contributed by atoms with Crippen LogP contribution in [0.1, 0.15) is 18.1 Å². The molecule has 0 aliphatic heterocycles. The molecule has 2 nitrogen and oxygen atoms in total. The van der Waals surface area contributed by atoms with Crippen molar-refractivity contribution in [1.82, 2.24) is 9.55 Å². The predicted molar refractivity (Wildman–Crippen MR) is 98.1 cm³/mol. The number of fused-ring (bicyclic) bond motifs is 1. The van der Waals surface area contributed by atoms with Crippen LogP contribution in [0.25, 0.3) is 16.7 Å². The topological polar surface area (TPSA) is 17.8 Å². The quantitative estimate of drug-likeness (QED) is 0.333. The number of benzene rings is 2. The summed E-state index contributed by atoms with van der Waals surface area (Å²) in [6, 6.07) is 11.5. The van der Waals surface area contributed by atoms with Gasteiger partial charge in [0.2, 0.25) is 0 Å². The van der Waals surface area contributed by atoms with Crippen LogP contribution in [0, 0.1) is 3.57 Å². The number of alkyl halides is 1. The van der Waals surface area contributed by atoms with Gasteiger partial charge >= 0.3 is 0 Å². The Morgan fingerprint density at radius 3 is 2.57 bits per heavy atom. The standard InChI is InChI=1S/C15H10Cl3IN2/c1-8(16)15-20-12-6-9(17)2-4-14(12)21(15)13-5-3-10(19)7-11(13)18/h2-8H,1H3. The van der Waals surface area contributed by atoms with Crippen LogP contribution in [-0.2, 0) is 0 Å². The number of halogens is 4. The normalized spacial score (nSPS) is 12.8. The molecule has 108 valence electrons. The van der Waals surface area contributed by atoms with E-state index in [1.807, 2.05) is 47.9 Å². The highest BCUT2D eigenvalue weighted by Gasteiger charge is 2.18. The zero-order valence-corrected chi connectivity index (χ0v) is 15.4. The SMILES string of the molecule is CC(Cl)c1nc2cc(Cl)ccc2n1-c1ccc(I)cc1Cl. The van der Waals surface area contributed by atoms with Gasteiger partial charge in [-0.1, -0.05) is 23.2 Å². The van der Waals surface area contributed by atoms with Crippen molar-refractivity contribution in [2.45, 2.75) is 12.3 Å². The van der Waals surface area contributed by atoms with Gasteiger partial charge in [0, 0.05) is 8.59 Å². The number of nitrogens with zero attached hydrogens (tertiary/aromatic N) is 2. The summed E-state index contributed by atoms with van der Waals surface area (Å²) >= 11 is 21.0. The fourth-order valence-electron chi connectivity index (χ4n) is 2.25. The number of imidazole rings is 1. The first kappa shape index (κ1) is 15.4. The molecule has 0 radical (unpaired) electrons. The molecule has 0 aliphatic carbocycles. The minimum absolute atomic E-state index is 0.244. The van der Waals surface area contributed by atoms with Crippen LogP contribution in [-0.4, -0.2) is 9.55 Å². The summed E-state index contributed by atoms with van der Waals surface area (Å²) < 4.78 is 3.07. The summed E-state index contributed by atoms with van der Waals surface area (Å²) in [5.41, 5.74) is 2.61. The van der Waals surface area contributed by atoms with Crippen molar-refractivity contribution in [3.63, 3.8) is 0 Å². The van der Waals surface area contributed by atoms with Gasteiger partial charge in [0.25, 0.3) is 0 Å². The Labute approximate surface area is 151 Å². The Morgan fingerprint density at radius 2 is 1.90 bits per heavy atom. The van der Waals surface area contributed by atoms with E-state index in [9.17, 15) is 0 Å². The lowest BCUT2D eigenvalue weighted by Crippen LogP contribution is -2.02. The highest BCUT2D eigenvalue weighted by molar-refractivity contribution is 14.1. The Kier molecular flexibility index (Phi) is 4.37. The van der Waals surface area contributed by atoms with Crippen molar-refractivity contribution in [2.24, 2.45) is 0 Å². The summed E-state index contributed by atoms with van der Waals surface area (Å²) in [4.78, 5) is 4.60. The molecule has 0 saturated carbocycles. The highest BCUT2D eigenvalue weighted by Crippen LogP contribution is 2.33. The van der Waals surface area contributed by atoms with E-state index in [0.717, 1.165) is 26.1 Å². The fourth-order valence-corrected chi connectivity index (χ4v) is 3.51. The summed E-state index contributed by atoms with van der Waals surface area (Å²) in [5, 5.41) is 1.07. The molecule has 21 heavy (non-hydrogen) atoms. The zero-order valence-electron chi connectivity index (χ0n) is 10.9. The molecule has 1 aromatic heterocycles. The largest absolute Gasteiger partial charge is 0.294 e. The molecule has 3 aromatic rings. The molecular weight excluding hydrogens is 441 g/mol. The average molecular weight is 452 g/mol. The van der Waals surface area contributed by atoms with Crippen LogP contribution >= 0.6 is 57.4 Å². The molecule has 0 aliphatic rings. The first-order chi connectivity index (χ1) is 9.97. The zero-order chi connectivity index (χ0) is 15.1. The third kappa shape index (κ3) is 2.89. The minimum atomic E-state index is -0.244. The number of hydrogen-bond acceptors (Lipinski definition) is 1. The van der Waals surface area contributed by atoms with Gasteiger partial charge in [0.05, 0.1) is 27.1 Å². The van der Waals surface area contributed by atoms with Gasteiger partial charge in [-0.2, -0.15) is 0 Å². The van der Waals surface area contributed by atoms with Crippen LogP contribution in [0.4, 0.5) is 0 Å². The first-order valence-corrected chi connectivity index (χ1v) is 8.52. The van der Waals surface area contributed by atoms with E-state index in [1.165, 1.54) is 0 Å². The summed E-state index contributed by atoms with van der Waals surface area (Å²) in [7, 11) is 0. The van der Waals surface area contributed by atoms with Crippen molar-refractivity contribution < 1.29 is 0 Å². The van der Waals surface area contributed by atoms with Gasteiger partial charge in [-0.3, -0.25) is 4.57 Å². The molecule has 6 heteroatoms. The van der Waals surface area contributed by atoms with Crippen LogP contribution in [0.5, 0.6) is 0 Å². The maximum absolute atomic E-state index is 6.41.